The second kappa shape index (κ2) is 4.66. The number of aryl methyl sites for hydroxylation is 2. The fourth-order valence-corrected chi connectivity index (χ4v) is 1.76. The topological polar surface area (TPSA) is 81.5 Å². The molecule has 1 atom stereocenters. The minimum atomic E-state index is -0.561. The first-order chi connectivity index (χ1) is 8.52. The molecule has 2 aromatic rings. The second-order valence-corrected chi connectivity index (χ2v) is 4.04. The monoisotopic (exact) mass is 250 g/mol. The molecule has 0 radical (unpaired) electrons. The number of hydrogen-bond donors (Lipinski definition) is 1. The Morgan fingerprint density at radius 2 is 2.00 bits per heavy atom. The Bertz CT molecular complexity index is 551. The smallest absolute Gasteiger partial charge is 0.433 e. The van der Waals surface area contributed by atoms with E-state index in [1.165, 1.54) is 6.07 Å². The van der Waals surface area contributed by atoms with Crippen molar-refractivity contribution in [2.45, 2.75) is 19.9 Å². The highest BCUT2D eigenvalue weighted by molar-refractivity contribution is 5.28. The van der Waals surface area contributed by atoms with E-state index >= 15 is 0 Å². The molecule has 18 heavy (non-hydrogen) atoms. The first kappa shape index (κ1) is 12.4. The van der Waals surface area contributed by atoms with Crippen LogP contribution < -0.4 is 5.32 Å². The zero-order valence-corrected chi connectivity index (χ0v) is 10.4. The fraction of sp³-hybridized carbons (Fsp3) is 0.333. The maximum Gasteiger partial charge on any atom is 0.433 e. The number of furan rings is 2. The molecule has 6 heteroatoms. The Hall–Kier alpha value is -2.08. The summed E-state index contributed by atoms with van der Waals surface area (Å²) < 4.78 is 10.8. The molecule has 1 N–H and O–H groups in total. The molecule has 0 saturated heterocycles. The summed E-state index contributed by atoms with van der Waals surface area (Å²) in [5.74, 6) is 1.69. The van der Waals surface area contributed by atoms with E-state index in [1.807, 2.05) is 19.9 Å². The van der Waals surface area contributed by atoms with Gasteiger partial charge in [0.2, 0.25) is 0 Å². The van der Waals surface area contributed by atoms with Crippen molar-refractivity contribution in [1.82, 2.24) is 5.32 Å². The lowest BCUT2D eigenvalue weighted by Gasteiger charge is -2.09. The van der Waals surface area contributed by atoms with E-state index in [-0.39, 0.29) is 11.9 Å². The lowest BCUT2D eigenvalue weighted by atomic mass is 10.1. The van der Waals surface area contributed by atoms with Crippen molar-refractivity contribution in [3.63, 3.8) is 0 Å². The van der Waals surface area contributed by atoms with Crippen molar-refractivity contribution in [2.75, 3.05) is 7.05 Å². The van der Waals surface area contributed by atoms with Crippen LogP contribution in [-0.4, -0.2) is 12.0 Å². The number of rotatable bonds is 4. The molecule has 0 bridgehead atoms. The Morgan fingerprint density at radius 3 is 2.44 bits per heavy atom. The standard InChI is InChI=1S/C12H14N2O4/c1-7-6-10(17-8(7)2)12(13-3)9-4-5-11(18-9)14(15)16/h4-6,12-13H,1-3H3. The third-order valence-corrected chi connectivity index (χ3v) is 2.84. The zero-order valence-electron chi connectivity index (χ0n) is 10.4. The summed E-state index contributed by atoms with van der Waals surface area (Å²) in [5, 5.41) is 13.6. The van der Waals surface area contributed by atoms with Gasteiger partial charge in [-0.15, -0.1) is 0 Å². The number of nitrogens with one attached hydrogen (secondary N) is 1. The summed E-state index contributed by atoms with van der Waals surface area (Å²) in [5.41, 5.74) is 1.03. The van der Waals surface area contributed by atoms with Crippen LogP contribution in [0.1, 0.15) is 28.9 Å². The van der Waals surface area contributed by atoms with Crippen molar-refractivity contribution in [3.8, 4) is 0 Å². The Kier molecular flexibility index (Phi) is 3.20. The van der Waals surface area contributed by atoms with Crippen molar-refractivity contribution in [3.05, 3.63) is 51.2 Å². The van der Waals surface area contributed by atoms with Crippen molar-refractivity contribution in [1.29, 1.82) is 0 Å². The van der Waals surface area contributed by atoms with E-state index in [0.717, 1.165) is 11.3 Å². The fourth-order valence-electron chi connectivity index (χ4n) is 1.76. The number of nitrogens with zero attached hydrogens (tertiary/aromatic N) is 1. The molecule has 0 amide bonds. The highest BCUT2D eigenvalue weighted by Gasteiger charge is 2.23. The normalized spacial score (nSPS) is 12.6. The average molecular weight is 250 g/mol. The van der Waals surface area contributed by atoms with Crippen molar-refractivity contribution >= 4 is 5.88 Å². The van der Waals surface area contributed by atoms with E-state index in [4.69, 9.17) is 8.83 Å². The summed E-state index contributed by atoms with van der Waals surface area (Å²) in [4.78, 5) is 10.0. The van der Waals surface area contributed by atoms with Gasteiger partial charge in [-0.25, -0.2) is 0 Å². The van der Waals surface area contributed by atoms with Crippen LogP contribution in [0, 0.1) is 24.0 Å². The molecule has 0 fully saturated rings. The minimum absolute atomic E-state index is 0.273. The number of nitro groups is 1. The second-order valence-electron chi connectivity index (χ2n) is 4.04. The maximum atomic E-state index is 10.6. The van der Waals surface area contributed by atoms with Crippen molar-refractivity contribution < 1.29 is 13.8 Å². The van der Waals surface area contributed by atoms with Gasteiger partial charge < -0.3 is 14.2 Å². The van der Waals surface area contributed by atoms with Gasteiger partial charge in [0.05, 0.1) is 6.07 Å². The van der Waals surface area contributed by atoms with Gasteiger partial charge in [-0.2, -0.15) is 0 Å². The maximum absolute atomic E-state index is 10.6. The van der Waals surface area contributed by atoms with Gasteiger partial charge in [-0.1, -0.05) is 0 Å². The van der Waals surface area contributed by atoms with Crippen molar-refractivity contribution in [2.24, 2.45) is 0 Å². The largest absolute Gasteiger partial charge is 0.464 e. The predicted molar refractivity (Wildman–Crippen MR) is 64.4 cm³/mol. The molecule has 2 rings (SSSR count). The third-order valence-electron chi connectivity index (χ3n) is 2.84. The molecule has 96 valence electrons. The molecule has 6 nitrogen and oxygen atoms in total. The van der Waals surface area contributed by atoms with Crippen LogP contribution in [0.2, 0.25) is 0 Å². The molecular weight excluding hydrogens is 236 g/mol. The summed E-state index contributed by atoms with van der Waals surface area (Å²) >= 11 is 0. The molecule has 0 spiro atoms. The van der Waals surface area contributed by atoms with E-state index in [9.17, 15) is 10.1 Å². The Morgan fingerprint density at radius 1 is 1.28 bits per heavy atom. The highest BCUT2D eigenvalue weighted by atomic mass is 16.6. The lowest BCUT2D eigenvalue weighted by molar-refractivity contribution is -0.402. The Balaban J connectivity index is 2.35. The van der Waals surface area contributed by atoms with Gasteiger partial charge in [0.15, 0.2) is 0 Å². The van der Waals surface area contributed by atoms with Crippen LogP contribution in [0.25, 0.3) is 0 Å². The quantitative estimate of drug-likeness (QED) is 0.666. The van der Waals surface area contributed by atoms with Crippen LogP contribution in [-0.2, 0) is 0 Å². The van der Waals surface area contributed by atoms with E-state index in [1.54, 1.807) is 13.1 Å². The Labute approximate surface area is 104 Å². The van der Waals surface area contributed by atoms with Crippen LogP contribution >= 0.6 is 0 Å². The molecule has 2 aromatic heterocycles. The molecule has 0 aliphatic heterocycles. The van der Waals surface area contributed by atoms with Gasteiger partial charge >= 0.3 is 5.88 Å². The molecule has 0 saturated carbocycles. The van der Waals surface area contributed by atoms with Gasteiger partial charge in [-0.3, -0.25) is 10.1 Å². The van der Waals surface area contributed by atoms with E-state index < -0.39 is 4.92 Å². The van der Waals surface area contributed by atoms with Crippen LogP contribution in [0.15, 0.2) is 27.0 Å². The predicted octanol–water partition coefficient (Wildman–Crippen LogP) is 2.71. The van der Waals surface area contributed by atoms with Gasteiger partial charge in [0.1, 0.15) is 28.2 Å². The lowest BCUT2D eigenvalue weighted by Crippen LogP contribution is -2.16. The zero-order chi connectivity index (χ0) is 13.3. The van der Waals surface area contributed by atoms with Gasteiger partial charge in [0, 0.05) is 0 Å². The molecular formula is C12H14N2O4. The summed E-state index contributed by atoms with van der Waals surface area (Å²) in [6.45, 7) is 3.82. The summed E-state index contributed by atoms with van der Waals surface area (Å²) in [7, 11) is 1.74. The molecule has 1 unspecified atom stereocenters. The first-order valence-electron chi connectivity index (χ1n) is 5.51. The van der Waals surface area contributed by atoms with E-state index in [0.29, 0.717) is 11.5 Å². The minimum Gasteiger partial charge on any atom is -0.464 e. The SMILES string of the molecule is CNC(c1ccc([N+](=O)[O-])o1)c1cc(C)c(C)o1. The number of hydrogen-bond acceptors (Lipinski definition) is 5. The molecule has 0 aliphatic rings. The average Bonchev–Trinajstić information content (AvgIpc) is 2.89. The molecule has 0 aliphatic carbocycles. The van der Waals surface area contributed by atoms with Crippen LogP contribution in [0.4, 0.5) is 5.88 Å². The molecule has 2 heterocycles. The molecule has 0 aromatic carbocycles. The third kappa shape index (κ3) is 2.14. The summed E-state index contributed by atoms with van der Waals surface area (Å²) in [6.07, 6.45) is 0. The first-order valence-corrected chi connectivity index (χ1v) is 5.51. The summed E-state index contributed by atoms with van der Waals surface area (Å²) in [6, 6.07) is 4.48. The van der Waals surface area contributed by atoms with Gasteiger partial charge in [0.25, 0.3) is 0 Å². The highest BCUT2D eigenvalue weighted by Crippen LogP contribution is 2.29. The van der Waals surface area contributed by atoms with Crippen LogP contribution in [0.5, 0.6) is 0 Å². The van der Waals surface area contributed by atoms with E-state index in [2.05, 4.69) is 5.32 Å². The van der Waals surface area contributed by atoms with Crippen LogP contribution in [0.3, 0.4) is 0 Å². The van der Waals surface area contributed by atoms with Gasteiger partial charge in [-0.05, 0) is 38.6 Å².